The lowest BCUT2D eigenvalue weighted by molar-refractivity contribution is 0.505. The lowest BCUT2D eigenvalue weighted by Gasteiger charge is -1.90. The van der Waals surface area contributed by atoms with Crippen LogP contribution in [-0.2, 0) is 0 Å². The van der Waals surface area contributed by atoms with E-state index in [1.54, 1.807) is 22.4 Å². The van der Waals surface area contributed by atoms with Gasteiger partial charge in [0.05, 0.1) is 0 Å². The molecule has 0 fully saturated rings. The second-order valence-electron chi connectivity index (χ2n) is 1.34. The van der Waals surface area contributed by atoms with Crippen LogP contribution in [0.25, 0.3) is 0 Å². The van der Waals surface area contributed by atoms with E-state index >= 15 is 0 Å². The molecule has 0 saturated carbocycles. The summed E-state index contributed by atoms with van der Waals surface area (Å²) in [6.45, 7) is 0. The standard InChI is InChI=1S/C3H9N.BI/c1-4(2)3;1-2/h1-3H3;. The number of hydrogen-bond donors (Lipinski definition) is 0. The first-order chi connectivity index (χ1) is 2.73. The van der Waals surface area contributed by atoms with Crippen molar-refractivity contribution in [2.45, 2.75) is 0 Å². The highest BCUT2D eigenvalue weighted by molar-refractivity contribution is 14.1. The zero-order chi connectivity index (χ0) is 5.58. The second kappa shape index (κ2) is 9.23. The minimum atomic E-state index is 1.65. The van der Waals surface area contributed by atoms with Crippen LogP contribution in [0.3, 0.4) is 0 Å². The van der Waals surface area contributed by atoms with Crippen LogP contribution in [0.2, 0.25) is 0 Å². The zero-order valence-electron chi connectivity index (χ0n) is 4.40. The number of hydrogen-bond acceptors (Lipinski definition) is 1. The molecule has 1 nitrogen and oxygen atoms in total. The van der Waals surface area contributed by atoms with Crippen LogP contribution in [0.1, 0.15) is 0 Å². The van der Waals surface area contributed by atoms with Crippen molar-refractivity contribution in [3.8, 4) is 0 Å². The van der Waals surface area contributed by atoms with Crippen molar-refractivity contribution in [2.24, 2.45) is 0 Å². The molecule has 0 spiro atoms. The molecule has 0 heterocycles. The molecule has 2 radical (unpaired) electrons. The molecule has 0 amide bonds. The van der Waals surface area contributed by atoms with Gasteiger partial charge in [-0.15, -0.1) is 0 Å². The van der Waals surface area contributed by atoms with Crippen LogP contribution in [0.15, 0.2) is 0 Å². The van der Waals surface area contributed by atoms with Gasteiger partial charge in [-0.25, -0.2) is 0 Å². The Morgan fingerprint density at radius 1 is 1.17 bits per heavy atom. The van der Waals surface area contributed by atoms with Gasteiger partial charge in [-0.3, -0.25) is 0 Å². The molecule has 0 aliphatic heterocycles. The predicted octanol–water partition coefficient (Wildman–Crippen LogP) is 0.683. The highest BCUT2D eigenvalue weighted by Gasteiger charge is 1.58. The van der Waals surface area contributed by atoms with E-state index in [9.17, 15) is 0 Å². The lowest BCUT2D eigenvalue weighted by Crippen LogP contribution is -1.99. The Balaban J connectivity index is 0. The van der Waals surface area contributed by atoms with Gasteiger partial charge in [-0.2, -0.15) is 22.4 Å². The fourth-order valence-corrected chi connectivity index (χ4v) is 0. The summed E-state index contributed by atoms with van der Waals surface area (Å²) in [5, 5.41) is 0. The van der Waals surface area contributed by atoms with Gasteiger partial charge in [-0.1, -0.05) is 0 Å². The fraction of sp³-hybridized carbons (Fsp3) is 1.00. The molecule has 0 aromatic rings. The average molecular weight is 197 g/mol. The van der Waals surface area contributed by atoms with Gasteiger partial charge in [0.2, 0.25) is 0 Å². The van der Waals surface area contributed by atoms with E-state index in [-0.39, 0.29) is 0 Å². The summed E-state index contributed by atoms with van der Waals surface area (Å²) in [5.74, 6) is 0. The predicted molar refractivity (Wildman–Crippen MR) is 39.4 cm³/mol. The summed E-state index contributed by atoms with van der Waals surface area (Å²) < 4.78 is 0. The summed E-state index contributed by atoms with van der Waals surface area (Å²) in [7, 11) is 6.00. The van der Waals surface area contributed by atoms with Gasteiger partial charge in [0.1, 0.15) is 0 Å². The summed E-state index contributed by atoms with van der Waals surface area (Å²) in [4.78, 5) is 2.00. The molecular weight excluding hydrogens is 188 g/mol. The molecule has 6 heavy (non-hydrogen) atoms. The van der Waals surface area contributed by atoms with E-state index in [0.717, 1.165) is 0 Å². The topological polar surface area (TPSA) is 3.24 Å². The minimum absolute atomic E-state index is 1.65. The molecule has 0 N–H and O–H groups in total. The first-order valence-corrected chi connectivity index (χ1v) is 2.81. The van der Waals surface area contributed by atoms with Crippen molar-refractivity contribution in [1.29, 1.82) is 0 Å². The van der Waals surface area contributed by atoms with Crippen LogP contribution in [-0.4, -0.2) is 31.7 Å². The van der Waals surface area contributed by atoms with Crippen molar-refractivity contribution in [1.82, 2.24) is 4.90 Å². The van der Waals surface area contributed by atoms with E-state index in [4.69, 9.17) is 0 Å². The van der Waals surface area contributed by atoms with E-state index in [1.807, 2.05) is 26.0 Å². The third-order valence-electron chi connectivity index (χ3n) is 0. The van der Waals surface area contributed by atoms with Crippen molar-refractivity contribution in [3.63, 3.8) is 0 Å². The molecule has 0 atom stereocenters. The number of rotatable bonds is 0. The Morgan fingerprint density at radius 3 is 1.17 bits per heavy atom. The van der Waals surface area contributed by atoms with Crippen molar-refractivity contribution in [2.75, 3.05) is 21.1 Å². The highest BCUT2D eigenvalue weighted by Crippen LogP contribution is 1.47. The molecule has 0 bridgehead atoms. The normalized spacial score (nSPS) is 6.83. The van der Waals surface area contributed by atoms with Gasteiger partial charge in [0.25, 0.3) is 0 Å². The third-order valence-corrected chi connectivity index (χ3v) is 0. The molecule has 36 valence electrons. The van der Waals surface area contributed by atoms with Crippen LogP contribution in [0.4, 0.5) is 0 Å². The van der Waals surface area contributed by atoms with E-state index in [1.165, 1.54) is 0 Å². The van der Waals surface area contributed by atoms with Crippen LogP contribution < -0.4 is 0 Å². The molecule has 0 saturated heterocycles. The molecule has 0 rings (SSSR count). The van der Waals surface area contributed by atoms with E-state index in [0.29, 0.717) is 0 Å². The van der Waals surface area contributed by atoms with Crippen molar-refractivity contribution >= 4 is 28.1 Å². The first kappa shape index (κ1) is 9.89. The Labute approximate surface area is 54.4 Å². The molecule has 0 aliphatic rings. The SMILES string of the molecule is CN(C)C.[B]I. The minimum Gasteiger partial charge on any atom is -0.312 e. The van der Waals surface area contributed by atoms with Crippen molar-refractivity contribution < 1.29 is 0 Å². The van der Waals surface area contributed by atoms with Crippen LogP contribution in [0, 0.1) is 0 Å². The Hall–Kier alpha value is 0.755. The molecule has 3 heteroatoms. The maximum atomic E-state index is 4.47. The van der Waals surface area contributed by atoms with Crippen LogP contribution in [0.5, 0.6) is 0 Å². The zero-order valence-corrected chi connectivity index (χ0v) is 6.56. The van der Waals surface area contributed by atoms with Crippen LogP contribution >= 0.6 is 22.4 Å². The maximum absolute atomic E-state index is 4.47. The Kier molecular flexibility index (Phi) is 15.2. The molecule has 0 aromatic heterocycles. The summed E-state index contributed by atoms with van der Waals surface area (Å²) in [6.07, 6.45) is 0. The molecule has 0 aliphatic carbocycles. The first-order valence-electron chi connectivity index (χ1n) is 1.56. The summed E-state index contributed by atoms with van der Waals surface area (Å²) in [6, 6.07) is 0. The monoisotopic (exact) mass is 197 g/mol. The lowest BCUT2D eigenvalue weighted by atomic mass is 10.8. The van der Waals surface area contributed by atoms with Gasteiger partial charge in [0.15, 0.2) is 5.70 Å². The molecular formula is C3H9BIN. The van der Waals surface area contributed by atoms with Crippen molar-refractivity contribution in [3.05, 3.63) is 0 Å². The highest BCUT2D eigenvalue weighted by atomic mass is 127. The smallest absolute Gasteiger partial charge is 0.169 e. The fourth-order valence-electron chi connectivity index (χ4n) is 0. The van der Waals surface area contributed by atoms with Gasteiger partial charge in [-0.05, 0) is 21.1 Å². The van der Waals surface area contributed by atoms with E-state index < -0.39 is 0 Å². The molecule has 0 unspecified atom stereocenters. The Bertz CT molecular complexity index is 15.5. The Morgan fingerprint density at radius 2 is 1.17 bits per heavy atom. The van der Waals surface area contributed by atoms with Gasteiger partial charge >= 0.3 is 0 Å². The van der Waals surface area contributed by atoms with Gasteiger partial charge in [0, 0.05) is 0 Å². The average Bonchev–Trinajstić information content (AvgIpc) is 1.41. The largest absolute Gasteiger partial charge is 0.312 e. The summed E-state index contributed by atoms with van der Waals surface area (Å²) >= 11 is 1.65. The number of nitrogens with zero attached hydrogens (tertiary/aromatic N) is 1. The quantitative estimate of drug-likeness (QED) is 0.407. The number of halogens is 1. The summed E-state index contributed by atoms with van der Waals surface area (Å²) in [5.41, 5.74) is 4.47. The molecule has 0 aromatic carbocycles. The second-order valence-corrected chi connectivity index (χ2v) is 1.34. The van der Waals surface area contributed by atoms with E-state index in [2.05, 4.69) is 5.70 Å². The maximum Gasteiger partial charge on any atom is 0.169 e. The van der Waals surface area contributed by atoms with Gasteiger partial charge < -0.3 is 4.90 Å². The third kappa shape index (κ3) is 118.